The van der Waals surface area contributed by atoms with Crippen LogP contribution in [-0.4, -0.2) is 30.0 Å². The molecule has 0 saturated carbocycles. The van der Waals surface area contributed by atoms with Crippen LogP contribution in [0.25, 0.3) is 0 Å². The van der Waals surface area contributed by atoms with E-state index in [9.17, 15) is 9.59 Å². The van der Waals surface area contributed by atoms with Gasteiger partial charge in [-0.05, 0) is 57.9 Å². The Morgan fingerprint density at radius 3 is 2.52 bits per heavy atom. The number of hydrogen-bond donors (Lipinski definition) is 1. The van der Waals surface area contributed by atoms with Crippen LogP contribution in [0, 0.1) is 11.3 Å². The van der Waals surface area contributed by atoms with E-state index in [1.165, 1.54) is 0 Å². The highest BCUT2D eigenvalue weighted by molar-refractivity contribution is 6.30. The van der Waals surface area contributed by atoms with Crippen LogP contribution in [0.15, 0.2) is 24.3 Å². The molecule has 23 heavy (non-hydrogen) atoms. The van der Waals surface area contributed by atoms with Gasteiger partial charge in [-0.1, -0.05) is 11.6 Å². The number of amides is 1. The Labute approximate surface area is 141 Å². The molecule has 1 aliphatic heterocycles. The second kappa shape index (κ2) is 7.32. The fourth-order valence-electron chi connectivity index (χ4n) is 2.27. The third-order valence-electron chi connectivity index (χ3n) is 3.69. The Hall–Kier alpha value is -1.59. The second-order valence-corrected chi connectivity index (χ2v) is 7.29. The van der Waals surface area contributed by atoms with Gasteiger partial charge in [0.1, 0.15) is 0 Å². The molecule has 1 heterocycles. The molecule has 0 radical (unpaired) electrons. The highest BCUT2D eigenvalue weighted by atomic mass is 35.5. The number of hydrogen-bond acceptors (Lipinski definition) is 4. The molecule has 1 amide bonds. The normalized spacial score (nSPS) is 19.2. The molecular weight excluding hydrogens is 316 g/mol. The molecule has 0 aromatic heterocycles. The maximum absolute atomic E-state index is 12.4. The van der Waals surface area contributed by atoms with Gasteiger partial charge in [-0.2, -0.15) is 0 Å². The summed E-state index contributed by atoms with van der Waals surface area (Å²) in [7, 11) is 0. The summed E-state index contributed by atoms with van der Waals surface area (Å²) < 4.78 is 0. The van der Waals surface area contributed by atoms with Crippen molar-refractivity contribution in [3.63, 3.8) is 0 Å². The highest BCUT2D eigenvalue weighted by Gasteiger charge is 2.31. The Balaban J connectivity index is 1.91. The Bertz CT molecular complexity index is 566. The van der Waals surface area contributed by atoms with Gasteiger partial charge < -0.3 is 10.2 Å². The van der Waals surface area contributed by atoms with Crippen molar-refractivity contribution in [2.24, 2.45) is 11.3 Å². The van der Waals surface area contributed by atoms with Gasteiger partial charge in [-0.25, -0.2) is 4.79 Å². The molecule has 126 valence electrons. The lowest BCUT2D eigenvalue weighted by Crippen LogP contribution is -2.43. The van der Waals surface area contributed by atoms with Gasteiger partial charge in [0.25, 0.3) is 0 Å². The predicted molar refractivity (Wildman–Crippen MR) is 89.9 cm³/mol. The summed E-state index contributed by atoms with van der Waals surface area (Å²) in [5, 5.41) is 5.10. The fraction of sp³-hybridized carbons (Fsp3) is 0.529. The SMILES string of the molecule is CC(C)(C)C(=O)ON1CCCC(C(=O)Nc2ccc(Cl)cc2)C1. The lowest BCUT2D eigenvalue weighted by Gasteiger charge is -2.32. The molecule has 1 fully saturated rings. The molecule has 1 aliphatic rings. The van der Waals surface area contributed by atoms with Gasteiger partial charge in [0.2, 0.25) is 5.91 Å². The van der Waals surface area contributed by atoms with E-state index in [0.717, 1.165) is 12.8 Å². The van der Waals surface area contributed by atoms with E-state index in [2.05, 4.69) is 5.32 Å². The molecule has 1 aromatic carbocycles. The average Bonchev–Trinajstić information content (AvgIpc) is 2.49. The summed E-state index contributed by atoms with van der Waals surface area (Å²) in [5.41, 5.74) is 0.154. The minimum atomic E-state index is -0.557. The molecule has 1 N–H and O–H groups in total. The topological polar surface area (TPSA) is 58.6 Å². The van der Waals surface area contributed by atoms with E-state index < -0.39 is 5.41 Å². The maximum Gasteiger partial charge on any atom is 0.330 e. The monoisotopic (exact) mass is 338 g/mol. The number of nitrogens with one attached hydrogen (secondary N) is 1. The first-order chi connectivity index (χ1) is 10.8. The fourth-order valence-corrected chi connectivity index (χ4v) is 2.40. The van der Waals surface area contributed by atoms with Crippen LogP contribution >= 0.6 is 11.6 Å². The van der Waals surface area contributed by atoms with Crippen molar-refractivity contribution in [1.82, 2.24) is 5.06 Å². The first-order valence-corrected chi connectivity index (χ1v) is 8.17. The van der Waals surface area contributed by atoms with Crippen molar-refractivity contribution in [3.8, 4) is 0 Å². The number of anilines is 1. The Kier molecular flexibility index (Phi) is 5.65. The number of hydroxylamine groups is 2. The smallest absolute Gasteiger partial charge is 0.330 e. The average molecular weight is 339 g/mol. The van der Waals surface area contributed by atoms with Crippen molar-refractivity contribution in [1.29, 1.82) is 0 Å². The zero-order valence-corrected chi connectivity index (χ0v) is 14.5. The van der Waals surface area contributed by atoms with Crippen LogP contribution in [0.4, 0.5) is 5.69 Å². The quantitative estimate of drug-likeness (QED) is 0.916. The number of carbonyl (C=O) groups is 2. The zero-order valence-electron chi connectivity index (χ0n) is 13.8. The van der Waals surface area contributed by atoms with Crippen molar-refractivity contribution in [2.75, 3.05) is 18.4 Å². The summed E-state index contributed by atoms with van der Waals surface area (Å²) in [6, 6.07) is 6.99. The minimum Gasteiger partial charge on any atom is -0.367 e. The zero-order chi connectivity index (χ0) is 17.0. The summed E-state index contributed by atoms with van der Waals surface area (Å²) in [6.07, 6.45) is 1.60. The van der Waals surface area contributed by atoms with Crippen LogP contribution in [0.5, 0.6) is 0 Å². The summed E-state index contributed by atoms with van der Waals surface area (Å²) in [4.78, 5) is 29.7. The Morgan fingerprint density at radius 2 is 1.91 bits per heavy atom. The first-order valence-electron chi connectivity index (χ1n) is 7.79. The van der Waals surface area contributed by atoms with Gasteiger partial charge >= 0.3 is 5.97 Å². The molecule has 5 nitrogen and oxygen atoms in total. The number of benzene rings is 1. The molecular formula is C17H23ClN2O3. The highest BCUT2D eigenvalue weighted by Crippen LogP contribution is 2.22. The molecule has 0 aliphatic carbocycles. The van der Waals surface area contributed by atoms with Crippen molar-refractivity contribution in [2.45, 2.75) is 33.6 Å². The molecule has 6 heteroatoms. The van der Waals surface area contributed by atoms with Crippen molar-refractivity contribution >= 4 is 29.2 Å². The van der Waals surface area contributed by atoms with Crippen LogP contribution in [0.3, 0.4) is 0 Å². The first kappa shape index (κ1) is 17.8. The lowest BCUT2D eigenvalue weighted by molar-refractivity contribution is -0.207. The van der Waals surface area contributed by atoms with Gasteiger partial charge in [0, 0.05) is 23.8 Å². The second-order valence-electron chi connectivity index (χ2n) is 6.85. The predicted octanol–water partition coefficient (Wildman–Crippen LogP) is 3.49. The van der Waals surface area contributed by atoms with Crippen LogP contribution < -0.4 is 5.32 Å². The van der Waals surface area contributed by atoms with E-state index in [4.69, 9.17) is 16.4 Å². The number of carbonyl (C=O) groups excluding carboxylic acids is 2. The summed E-state index contributed by atoms with van der Waals surface area (Å²) in [5.74, 6) is -0.549. The molecule has 1 aromatic rings. The van der Waals surface area contributed by atoms with Crippen LogP contribution in [0.2, 0.25) is 5.02 Å². The van der Waals surface area contributed by atoms with Gasteiger partial charge in [0.15, 0.2) is 0 Å². The van der Waals surface area contributed by atoms with Crippen LogP contribution in [0.1, 0.15) is 33.6 Å². The van der Waals surface area contributed by atoms with E-state index in [-0.39, 0.29) is 17.8 Å². The molecule has 1 unspecified atom stereocenters. The third-order valence-corrected chi connectivity index (χ3v) is 3.94. The largest absolute Gasteiger partial charge is 0.367 e. The van der Waals surface area contributed by atoms with Gasteiger partial charge in [-0.15, -0.1) is 5.06 Å². The molecule has 1 saturated heterocycles. The van der Waals surface area contributed by atoms with Gasteiger partial charge in [-0.3, -0.25) is 4.79 Å². The number of piperidine rings is 1. The standard InChI is InChI=1S/C17H23ClN2O3/c1-17(2,3)16(22)23-20-10-4-5-12(11-20)15(21)19-14-8-6-13(18)7-9-14/h6-9,12H,4-5,10-11H2,1-3H3,(H,19,21). The van der Waals surface area contributed by atoms with E-state index in [0.29, 0.717) is 23.8 Å². The maximum atomic E-state index is 12.4. The van der Waals surface area contributed by atoms with Gasteiger partial charge in [0.05, 0.1) is 11.3 Å². The third kappa shape index (κ3) is 5.22. The van der Waals surface area contributed by atoms with Crippen LogP contribution in [-0.2, 0) is 14.4 Å². The van der Waals surface area contributed by atoms with E-state index in [1.807, 2.05) is 20.8 Å². The van der Waals surface area contributed by atoms with Crippen molar-refractivity contribution in [3.05, 3.63) is 29.3 Å². The summed E-state index contributed by atoms with van der Waals surface area (Å²) in [6.45, 7) is 6.51. The van der Waals surface area contributed by atoms with E-state index >= 15 is 0 Å². The summed E-state index contributed by atoms with van der Waals surface area (Å²) >= 11 is 5.83. The molecule has 2 rings (SSSR count). The number of nitrogens with zero attached hydrogens (tertiary/aromatic N) is 1. The number of halogens is 1. The number of rotatable bonds is 3. The van der Waals surface area contributed by atoms with Crippen molar-refractivity contribution < 1.29 is 14.4 Å². The minimum absolute atomic E-state index is 0.0659. The lowest BCUT2D eigenvalue weighted by atomic mass is 9.97. The van der Waals surface area contributed by atoms with E-state index in [1.54, 1.807) is 29.3 Å². The molecule has 0 spiro atoms. The molecule has 0 bridgehead atoms. The molecule has 1 atom stereocenters. The Morgan fingerprint density at radius 1 is 1.26 bits per heavy atom.